The number of rotatable bonds is 7. The van der Waals surface area contributed by atoms with Gasteiger partial charge in [0.05, 0.1) is 5.92 Å². The van der Waals surface area contributed by atoms with E-state index < -0.39 is 0 Å². The van der Waals surface area contributed by atoms with Gasteiger partial charge in [-0.15, -0.1) is 0 Å². The van der Waals surface area contributed by atoms with Gasteiger partial charge in [-0.2, -0.15) is 0 Å². The van der Waals surface area contributed by atoms with Gasteiger partial charge in [-0.3, -0.25) is 14.4 Å². The van der Waals surface area contributed by atoms with Crippen LogP contribution in [0.1, 0.15) is 37.7 Å². The van der Waals surface area contributed by atoms with E-state index in [0.717, 1.165) is 24.9 Å². The molecule has 1 atom stereocenters. The van der Waals surface area contributed by atoms with E-state index in [-0.39, 0.29) is 23.6 Å². The summed E-state index contributed by atoms with van der Waals surface area (Å²) in [7, 11) is 0. The van der Waals surface area contributed by atoms with Gasteiger partial charge in [0, 0.05) is 50.6 Å². The minimum Gasteiger partial charge on any atom is -0.356 e. The molecule has 2 heterocycles. The fraction of sp³-hybridized carbons (Fsp3) is 0.550. The van der Waals surface area contributed by atoms with Crippen LogP contribution in [0.3, 0.4) is 0 Å². The lowest BCUT2D eigenvalue weighted by atomic mass is 9.96. The third kappa shape index (κ3) is 5.45. The molecule has 2 aliphatic heterocycles. The van der Waals surface area contributed by atoms with Crippen molar-refractivity contribution in [3.63, 3.8) is 0 Å². The second-order valence-electron chi connectivity index (χ2n) is 7.27. The lowest BCUT2D eigenvalue weighted by molar-refractivity contribution is -0.138. The number of nitrogens with one attached hydrogen (secondary N) is 1. The molecule has 1 unspecified atom stereocenters. The molecule has 2 fully saturated rings. The van der Waals surface area contributed by atoms with Gasteiger partial charge >= 0.3 is 0 Å². The fourth-order valence-electron chi connectivity index (χ4n) is 3.66. The van der Waals surface area contributed by atoms with Crippen molar-refractivity contribution in [3.05, 3.63) is 34.9 Å². The molecule has 0 aromatic heterocycles. The predicted octanol–water partition coefficient (Wildman–Crippen LogP) is 2.21. The SMILES string of the molecule is O=C(NCCCN1CCCC1=O)C1CCC(=O)N(Cc2ccc(Cl)cc2)C1. The van der Waals surface area contributed by atoms with Crippen LogP contribution in [0, 0.1) is 5.92 Å². The molecule has 146 valence electrons. The van der Waals surface area contributed by atoms with E-state index in [4.69, 9.17) is 11.6 Å². The average molecular weight is 392 g/mol. The Balaban J connectivity index is 1.43. The zero-order valence-electron chi connectivity index (χ0n) is 15.5. The summed E-state index contributed by atoms with van der Waals surface area (Å²) in [6.45, 7) is 3.03. The molecule has 0 spiro atoms. The zero-order chi connectivity index (χ0) is 19.2. The van der Waals surface area contributed by atoms with E-state index in [1.165, 1.54) is 0 Å². The van der Waals surface area contributed by atoms with E-state index in [2.05, 4.69) is 5.32 Å². The number of halogens is 1. The van der Waals surface area contributed by atoms with Gasteiger partial charge in [-0.1, -0.05) is 23.7 Å². The predicted molar refractivity (Wildman–Crippen MR) is 103 cm³/mol. The molecule has 3 amide bonds. The maximum absolute atomic E-state index is 12.5. The Morgan fingerprint density at radius 3 is 2.56 bits per heavy atom. The number of carbonyl (C=O) groups excluding carboxylic acids is 3. The van der Waals surface area contributed by atoms with Crippen LogP contribution >= 0.6 is 11.6 Å². The maximum Gasteiger partial charge on any atom is 0.224 e. The van der Waals surface area contributed by atoms with Gasteiger partial charge < -0.3 is 15.1 Å². The van der Waals surface area contributed by atoms with Crippen LogP contribution in [0.5, 0.6) is 0 Å². The van der Waals surface area contributed by atoms with Crippen molar-refractivity contribution in [1.29, 1.82) is 0 Å². The first-order valence-corrected chi connectivity index (χ1v) is 9.98. The molecule has 7 heteroatoms. The molecule has 0 bridgehead atoms. The van der Waals surface area contributed by atoms with E-state index in [1.807, 2.05) is 17.0 Å². The average Bonchev–Trinajstić information content (AvgIpc) is 3.07. The van der Waals surface area contributed by atoms with Crippen LogP contribution in [0.15, 0.2) is 24.3 Å². The second kappa shape index (κ2) is 9.22. The Morgan fingerprint density at radius 1 is 1.11 bits per heavy atom. The molecule has 0 aliphatic carbocycles. The van der Waals surface area contributed by atoms with Crippen LogP contribution < -0.4 is 5.32 Å². The summed E-state index contributed by atoms with van der Waals surface area (Å²) in [5.74, 6) is 0.117. The summed E-state index contributed by atoms with van der Waals surface area (Å²) in [5.41, 5.74) is 1.00. The highest BCUT2D eigenvalue weighted by atomic mass is 35.5. The number of nitrogens with zero attached hydrogens (tertiary/aromatic N) is 2. The molecular weight excluding hydrogens is 366 g/mol. The summed E-state index contributed by atoms with van der Waals surface area (Å²) in [6, 6.07) is 7.42. The molecule has 0 radical (unpaired) electrons. The van der Waals surface area contributed by atoms with Crippen molar-refractivity contribution < 1.29 is 14.4 Å². The van der Waals surface area contributed by atoms with Crippen molar-refractivity contribution in [2.24, 2.45) is 5.92 Å². The highest BCUT2D eigenvalue weighted by Crippen LogP contribution is 2.21. The standard InChI is InChI=1S/C20H26ClN3O3/c21-17-7-4-15(5-8-17)13-24-14-16(6-9-19(24)26)20(27)22-10-2-12-23-11-1-3-18(23)25/h4-5,7-8,16H,1-3,6,9-14H2,(H,22,27). The van der Waals surface area contributed by atoms with Crippen molar-refractivity contribution in [1.82, 2.24) is 15.1 Å². The number of benzene rings is 1. The van der Waals surface area contributed by atoms with Crippen molar-refractivity contribution in [2.45, 2.75) is 38.6 Å². The van der Waals surface area contributed by atoms with E-state index in [9.17, 15) is 14.4 Å². The van der Waals surface area contributed by atoms with E-state index in [0.29, 0.717) is 50.5 Å². The Kier molecular flexibility index (Phi) is 6.72. The molecule has 6 nitrogen and oxygen atoms in total. The van der Waals surface area contributed by atoms with Gasteiger partial charge in [0.15, 0.2) is 0 Å². The second-order valence-corrected chi connectivity index (χ2v) is 7.70. The summed E-state index contributed by atoms with van der Waals surface area (Å²) < 4.78 is 0. The molecule has 3 rings (SSSR count). The van der Waals surface area contributed by atoms with Gasteiger partial charge in [0.2, 0.25) is 17.7 Å². The lowest BCUT2D eigenvalue weighted by Crippen LogP contribution is -2.45. The Hall–Kier alpha value is -2.08. The lowest BCUT2D eigenvalue weighted by Gasteiger charge is -2.32. The molecule has 1 aromatic rings. The molecule has 27 heavy (non-hydrogen) atoms. The van der Waals surface area contributed by atoms with Crippen LogP contribution in [-0.4, -0.2) is 53.7 Å². The number of amides is 3. The molecule has 2 saturated heterocycles. The summed E-state index contributed by atoms with van der Waals surface area (Å²) in [5, 5.41) is 3.63. The number of likely N-dealkylation sites (tertiary alicyclic amines) is 2. The van der Waals surface area contributed by atoms with Crippen molar-refractivity contribution in [2.75, 3.05) is 26.2 Å². The van der Waals surface area contributed by atoms with Crippen LogP contribution in [0.2, 0.25) is 5.02 Å². The topological polar surface area (TPSA) is 69.7 Å². The quantitative estimate of drug-likeness (QED) is 0.724. The van der Waals surface area contributed by atoms with Gasteiger partial charge in [0.1, 0.15) is 0 Å². The van der Waals surface area contributed by atoms with Crippen molar-refractivity contribution >= 4 is 29.3 Å². The monoisotopic (exact) mass is 391 g/mol. The first kappa shape index (κ1) is 19.7. The highest BCUT2D eigenvalue weighted by Gasteiger charge is 2.30. The van der Waals surface area contributed by atoms with Crippen molar-refractivity contribution in [3.8, 4) is 0 Å². The minimum atomic E-state index is -0.177. The van der Waals surface area contributed by atoms with E-state index >= 15 is 0 Å². The number of piperidine rings is 1. The molecular formula is C20H26ClN3O3. The molecule has 1 N–H and O–H groups in total. The first-order chi connectivity index (χ1) is 13.0. The maximum atomic E-state index is 12.5. The normalized spacial score (nSPS) is 20.3. The third-order valence-electron chi connectivity index (χ3n) is 5.23. The number of hydrogen-bond donors (Lipinski definition) is 1. The highest BCUT2D eigenvalue weighted by molar-refractivity contribution is 6.30. The smallest absolute Gasteiger partial charge is 0.224 e. The summed E-state index contributed by atoms with van der Waals surface area (Å²) in [4.78, 5) is 39.9. The van der Waals surface area contributed by atoms with Gasteiger partial charge in [0.25, 0.3) is 0 Å². The molecule has 0 saturated carbocycles. The van der Waals surface area contributed by atoms with E-state index in [1.54, 1.807) is 17.0 Å². The minimum absolute atomic E-state index is 0.00338. The Bertz CT molecular complexity index is 692. The largest absolute Gasteiger partial charge is 0.356 e. The first-order valence-electron chi connectivity index (χ1n) is 9.60. The molecule has 2 aliphatic rings. The summed E-state index contributed by atoms with van der Waals surface area (Å²) >= 11 is 5.90. The Morgan fingerprint density at radius 2 is 1.85 bits per heavy atom. The molecule has 1 aromatic carbocycles. The summed E-state index contributed by atoms with van der Waals surface area (Å²) in [6.07, 6.45) is 3.33. The third-order valence-corrected chi connectivity index (χ3v) is 5.49. The number of carbonyl (C=O) groups is 3. The van der Waals surface area contributed by atoms with Crippen LogP contribution in [0.25, 0.3) is 0 Å². The zero-order valence-corrected chi connectivity index (χ0v) is 16.2. The van der Waals surface area contributed by atoms with Crippen LogP contribution in [-0.2, 0) is 20.9 Å². The fourth-order valence-corrected chi connectivity index (χ4v) is 3.78. The van der Waals surface area contributed by atoms with Crippen LogP contribution in [0.4, 0.5) is 0 Å². The number of hydrogen-bond acceptors (Lipinski definition) is 3. The van der Waals surface area contributed by atoms with Gasteiger partial charge in [-0.25, -0.2) is 0 Å². The Labute approximate surface area is 164 Å². The van der Waals surface area contributed by atoms with Gasteiger partial charge in [-0.05, 0) is 37.0 Å².